The Kier molecular flexibility index (Phi) is 52.0. The fourth-order valence-corrected chi connectivity index (χ4v) is 8.84. The molecular weight excluding hydrogens is 815 g/mol. The molecule has 1 amide bonds. The molecular formula is C60H111NO5. The lowest BCUT2D eigenvalue weighted by Crippen LogP contribution is -2.46. The Labute approximate surface area is 410 Å². The minimum Gasteiger partial charge on any atom is -0.462 e. The molecule has 0 aliphatic carbocycles. The summed E-state index contributed by atoms with van der Waals surface area (Å²) in [5.74, 6) is -0.515. The SMILES string of the molecule is CC/C=C/C/C=C/C/C=C/C/C=C/CCCC(CC(=O)NC(CO)C(O)CCCCCCCCCCCCCCCCCCC)OC(=O)CCCCCCCCCCCCCCCCCC. The molecule has 3 N–H and O–H groups in total. The lowest BCUT2D eigenvalue weighted by Gasteiger charge is -2.24. The summed E-state index contributed by atoms with van der Waals surface area (Å²) in [6, 6.07) is -0.718. The maximum atomic E-state index is 13.3. The first-order valence-electron chi connectivity index (χ1n) is 28.9. The van der Waals surface area contributed by atoms with Gasteiger partial charge in [0.05, 0.1) is 25.2 Å². The summed E-state index contributed by atoms with van der Waals surface area (Å²) < 4.78 is 5.93. The second-order valence-electron chi connectivity index (χ2n) is 19.7. The molecule has 3 unspecified atom stereocenters. The van der Waals surface area contributed by atoms with E-state index in [2.05, 4.69) is 74.7 Å². The molecule has 3 atom stereocenters. The fourth-order valence-electron chi connectivity index (χ4n) is 8.84. The zero-order valence-corrected chi connectivity index (χ0v) is 44.1. The molecule has 0 aliphatic heterocycles. The van der Waals surface area contributed by atoms with E-state index in [-0.39, 0.29) is 24.9 Å². The van der Waals surface area contributed by atoms with E-state index in [1.807, 2.05) is 0 Å². The van der Waals surface area contributed by atoms with Crippen molar-refractivity contribution in [2.75, 3.05) is 6.61 Å². The first-order chi connectivity index (χ1) is 32.5. The predicted octanol–water partition coefficient (Wildman–Crippen LogP) is 17.8. The monoisotopic (exact) mass is 926 g/mol. The van der Waals surface area contributed by atoms with Crippen molar-refractivity contribution < 1.29 is 24.5 Å². The number of aliphatic hydroxyl groups excluding tert-OH is 2. The van der Waals surface area contributed by atoms with E-state index in [1.165, 1.54) is 173 Å². The number of hydrogen-bond donors (Lipinski definition) is 3. The molecule has 0 heterocycles. The minimum atomic E-state index is -0.802. The summed E-state index contributed by atoms with van der Waals surface area (Å²) in [5, 5.41) is 23.9. The van der Waals surface area contributed by atoms with Crippen molar-refractivity contribution in [3.05, 3.63) is 48.6 Å². The predicted molar refractivity (Wildman–Crippen MR) is 287 cm³/mol. The Morgan fingerprint density at radius 1 is 0.455 bits per heavy atom. The van der Waals surface area contributed by atoms with Gasteiger partial charge in [0, 0.05) is 6.42 Å². The molecule has 0 saturated carbocycles. The van der Waals surface area contributed by atoms with Crippen LogP contribution >= 0.6 is 0 Å². The van der Waals surface area contributed by atoms with Crippen LogP contribution in [-0.4, -0.2) is 46.9 Å². The first kappa shape index (κ1) is 63.8. The molecule has 0 aromatic rings. The van der Waals surface area contributed by atoms with Crippen molar-refractivity contribution in [2.24, 2.45) is 0 Å². The van der Waals surface area contributed by atoms with Crippen molar-refractivity contribution in [3.8, 4) is 0 Å². The van der Waals surface area contributed by atoms with Gasteiger partial charge in [-0.05, 0) is 57.8 Å². The van der Waals surface area contributed by atoms with Crippen LogP contribution in [0.5, 0.6) is 0 Å². The standard InChI is InChI=1S/C60H111NO5/c1-4-7-10-13-16-19-22-25-28-30-31-34-37-40-43-46-49-52-58(63)57(55-62)61-59(64)54-56(51-48-45-42-39-36-33-27-24-21-18-15-12-9-6-3)66-60(65)53-50-47-44-41-38-35-32-29-26-23-20-17-14-11-8-5-2/h9,12,18,21,27,33,39,42,56-58,62-63H,4-8,10-11,13-17,19-20,22-26,28-32,34-38,40-41,43-55H2,1-3H3,(H,61,64)/b12-9+,21-18+,33-27+,42-39+. The largest absolute Gasteiger partial charge is 0.462 e. The molecule has 6 heteroatoms. The first-order valence-corrected chi connectivity index (χ1v) is 28.9. The van der Waals surface area contributed by atoms with E-state index in [1.54, 1.807) is 0 Å². The van der Waals surface area contributed by atoms with Gasteiger partial charge >= 0.3 is 5.97 Å². The molecule has 0 fully saturated rings. The topological polar surface area (TPSA) is 95.9 Å². The summed E-state index contributed by atoms with van der Waals surface area (Å²) in [6.07, 6.45) is 66.1. The van der Waals surface area contributed by atoms with Gasteiger partial charge in [0.1, 0.15) is 6.10 Å². The van der Waals surface area contributed by atoms with Crippen molar-refractivity contribution >= 4 is 11.9 Å². The lowest BCUT2D eigenvalue weighted by molar-refractivity contribution is -0.151. The molecule has 0 aromatic heterocycles. The number of hydrogen-bond acceptors (Lipinski definition) is 5. The average molecular weight is 927 g/mol. The van der Waals surface area contributed by atoms with Crippen molar-refractivity contribution in [2.45, 2.75) is 315 Å². The van der Waals surface area contributed by atoms with Crippen molar-refractivity contribution in [1.82, 2.24) is 5.32 Å². The number of rotatable bonds is 52. The van der Waals surface area contributed by atoms with Gasteiger partial charge < -0.3 is 20.3 Å². The summed E-state index contributed by atoms with van der Waals surface area (Å²) in [4.78, 5) is 26.2. The number of ether oxygens (including phenoxy) is 1. The highest BCUT2D eigenvalue weighted by Crippen LogP contribution is 2.18. The third kappa shape index (κ3) is 48.3. The van der Waals surface area contributed by atoms with Crippen LogP contribution in [0, 0.1) is 0 Å². The van der Waals surface area contributed by atoms with Gasteiger partial charge in [0.15, 0.2) is 0 Å². The van der Waals surface area contributed by atoms with E-state index in [0.717, 1.165) is 77.0 Å². The van der Waals surface area contributed by atoms with E-state index < -0.39 is 18.2 Å². The van der Waals surface area contributed by atoms with E-state index >= 15 is 0 Å². The van der Waals surface area contributed by atoms with Crippen LogP contribution < -0.4 is 5.32 Å². The Morgan fingerprint density at radius 3 is 1.21 bits per heavy atom. The van der Waals surface area contributed by atoms with E-state index in [9.17, 15) is 19.8 Å². The van der Waals surface area contributed by atoms with Crippen molar-refractivity contribution in [3.63, 3.8) is 0 Å². The van der Waals surface area contributed by atoms with Crippen LogP contribution in [0.4, 0.5) is 0 Å². The van der Waals surface area contributed by atoms with Gasteiger partial charge in [-0.1, -0.05) is 275 Å². The lowest BCUT2D eigenvalue weighted by atomic mass is 10.0. The van der Waals surface area contributed by atoms with Crippen molar-refractivity contribution in [1.29, 1.82) is 0 Å². The molecule has 66 heavy (non-hydrogen) atoms. The highest BCUT2D eigenvalue weighted by Gasteiger charge is 2.24. The second kappa shape index (κ2) is 53.8. The number of unbranched alkanes of at least 4 members (excludes halogenated alkanes) is 32. The molecule has 6 nitrogen and oxygen atoms in total. The highest BCUT2D eigenvalue weighted by molar-refractivity contribution is 5.77. The van der Waals surface area contributed by atoms with Gasteiger partial charge in [-0.15, -0.1) is 0 Å². The zero-order chi connectivity index (χ0) is 48.1. The van der Waals surface area contributed by atoms with Gasteiger partial charge in [-0.2, -0.15) is 0 Å². The average Bonchev–Trinajstić information content (AvgIpc) is 3.31. The van der Waals surface area contributed by atoms with Crippen LogP contribution in [0.1, 0.15) is 297 Å². The maximum absolute atomic E-state index is 13.3. The third-order valence-electron chi connectivity index (χ3n) is 13.2. The summed E-state index contributed by atoms with van der Waals surface area (Å²) in [5.41, 5.74) is 0. The molecule has 0 aromatic carbocycles. The molecule has 0 spiro atoms. The Balaban J connectivity index is 4.55. The normalized spacial score (nSPS) is 13.5. The smallest absolute Gasteiger partial charge is 0.306 e. The van der Waals surface area contributed by atoms with Gasteiger partial charge in [-0.3, -0.25) is 9.59 Å². The summed E-state index contributed by atoms with van der Waals surface area (Å²) in [6.45, 7) is 6.39. The second-order valence-corrected chi connectivity index (χ2v) is 19.7. The van der Waals surface area contributed by atoms with Crippen LogP contribution in [-0.2, 0) is 14.3 Å². The van der Waals surface area contributed by atoms with Gasteiger partial charge in [-0.25, -0.2) is 0 Å². The van der Waals surface area contributed by atoms with E-state index in [4.69, 9.17) is 4.74 Å². The number of esters is 1. The number of amides is 1. The van der Waals surface area contributed by atoms with Crippen LogP contribution in [0.2, 0.25) is 0 Å². The fraction of sp³-hybridized carbons (Fsp3) is 0.833. The number of allylic oxidation sites excluding steroid dienone is 8. The molecule has 0 radical (unpaired) electrons. The van der Waals surface area contributed by atoms with Gasteiger partial charge in [0.2, 0.25) is 5.91 Å². The molecule has 386 valence electrons. The number of nitrogens with one attached hydrogen (secondary N) is 1. The Hall–Kier alpha value is -2.18. The van der Waals surface area contributed by atoms with Crippen LogP contribution in [0.15, 0.2) is 48.6 Å². The third-order valence-corrected chi connectivity index (χ3v) is 13.2. The summed E-state index contributed by atoms with van der Waals surface area (Å²) in [7, 11) is 0. The summed E-state index contributed by atoms with van der Waals surface area (Å²) >= 11 is 0. The number of carbonyl (C=O) groups is 2. The molecule has 0 rings (SSSR count). The minimum absolute atomic E-state index is 0.0429. The number of aliphatic hydroxyl groups is 2. The number of carbonyl (C=O) groups excluding carboxylic acids is 2. The van der Waals surface area contributed by atoms with Crippen LogP contribution in [0.25, 0.3) is 0 Å². The zero-order valence-electron chi connectivity index (χ0n) is 44.1. The quantitative estimate of drug-likeness (QED) is 0.0321. The molecule has 0 saturated heterocycles. The van der Waals surface area contributed by atoms with Crippen LogP contribution in [0.3, 0.4) is 0 Å². The Morgan fingerprint density at radius 2 is 0.818 bits per heavy atom. The molecule has 0 aliphatic rings. The van der Waals surface area contributed by atoms with Gasteiger partial charge in [0.25, 0.3) is 0 Å². The molecule has 0 bridgehead atoms. The maximum Gasteiger partial charge on any atom is 0.306 e. The Bertz CT molecular complexity index is 1130. The highest BCUT2D eigenvalue weighted by atomic mass is 16.5. The van der Waals surface area contributed by atoms with E-state index in [0.29, 0.717) is 19.3 Å².